The molecule has 9 heteroatoms. The first-order valence-electron chi connectivity index (χ1n) is 10.2. The molecule has 3 amide bonds. The Kier molecular flexibility index (Phi) is 6.36. The highest BCUT2D eigenvalue weighted by molar-refractivity contribution is 5.97. The van der Waals surface area contributed by atoms with Crippen LogP contribution in [0.2, 0.25) is 0 Å². The molecule has 1 aromatic rings. The zero-order valence-electron chi connectivity index (χ0n) is 16.5. The number of nitrogens with zero attached hydrogens (tertiary/aromatic N) is 2. The smallest absolute Gasteiger partial charge is 0.315 e. The van der Waals surface area contributed by atoms with Gasteiger partial charge in [-0.1, -0.05) is 0 Å². The van der Waals surface area contributed by atoms with Crippen LogP contribution < -0.4 is 25.0 Å². The van der Waals surface area contributed by atoms with Crippen LogP contribution in [0.25, 0.3) is 0 Å². The van der Waals surface area contributed by atoms with E-state index < -0.39 is 0 Å². The molecule has 3 aliphatic rings. The Bertz CT molecular complexity index is 738. The maximum absolute atomic E-state index is 12.4. The molecule has 29 heavy (non-hydrogen) atoms. The van der Waals surface area contributed by atoms with Crippen LogP contribution in [-0.2, 0) is 9.53 Å². The van der Waals surface area contributed by atoms with Crippen LogP contribution >= 0.6 is 0 Å². The summed E-state index contributed by atoms with van der Waals surface area (Å²) >= 11 is 0. The third-order valence-electron chi connectivity index (χ3n) is 5.34. The maximum atomic E-state index is 12.4. The van der Waals surface area contributed by atoms with Crippen LogP contribution in [0.4, 0.5) is 10.5 Å². The highest BCUT2D eigenvalue weighted by Gasteiger charge is 2.32. The number of urea groups is 1. The van der Waals surface area contributed by atoms with Crippen molar-refractivity contribution in [2.24, 2.45) is 0 Å². The zero-order valence-corrected chi connectivity index (χ0v) is 16.5. The second-order valence-corrected chi connectivity index (χ2v) is 7.44. The van der Waals surface area contributed by atoms with Gasteiger partial charge < -0.3 is 29.7 Å². The molecule has 1 aromatic carbocycles. The van der Waals surface area contributed by atoms with Gasteiger partial charge in [-0.15, -0.1) is 0 Å². The molecule has 2 saturated heterocycles. The van der Waals surface area contributed by atoms with E-state index in [1.165, 1.54) is 0 Å². The van der Waals surface area contributed by atoms with Crippen LogP contribution in [0, 0.1) is 0 Å². The number of carbonyl (C=O) groups is 2. The first-order chi connectivity index (χ1) is 14.2. The van der Waals surface area contributed by atoms with E-state index in [0.717, 1.165) is 45.0 Å². The molecule has 0 aromatic heterocycles. The Morgan fingerprint density at radius 1 is 1.10 bits per heavy atom. The van der Waals surface area contributed by atoms with Gasteiger partial charge in [0.2, 0.25) is 5.91 Å². The summed E-state index contributed by atoms with van der Waals surface area (Å²) in [6, 6.07) is 5.04. The lowest BCUT2D eigenvalue weighted by Gasteiger charge is -2.26. The van der Waals surface area contributed by atoms with Gasteiger partial charge in [-0.25, -0.2) is 4.79 Å². The average molecular weight is 404 g/mol. The number of carbonyl (C=O) groups excluding carboxylic acids is 2. The molecule has 0 spiro atoms. The Morgan fingerprint density at radius 3 is 2.72 bits per heavy atom. The summed E-state index contributed by atoms with van der Waals surface area (Å²) in [6.45, 7) is 6.49. The van der Waals surface area contributed by atoms with Crippen molar-refractivity contribution in [3.63, 3.8) is 0 Å². The number of anilines is 1. The lowest BCUT2D eigenvalue weighted by Crippen LogP contribution is -2.44. The molecule has 9 nitrogen and oxygen atoms in total. The molecule has 3 heterocycles. The van der Waals surface area contributed by atoms with Crippen molar-refractivity contribution >= 4 is 17.6 Å². The molecular weight excluding hydrogens is 376 g/mol. The lowest BCUT2D eigenvalue weighted by molar-refractivity contribution is -0.117. The van der Waals surface area contributed by atoms with Gasteiger partial charge in [0.05, 0.1) is 19.3 Å². The van der Waals surface area contributed by atoms with Crippen molar-refractivity contribution in [2.75, 3.05) is 64.1 Å². The predicted octanol–water partition coefficient (Wildman–Crippen LogP) is 0.585. The van der Waals surface area contributed by atoms with Gasteiger partial charge in [0.15, 0.2) is 11.5 Å². The van der Waals surface area contributed by atoms with Crippen LogP contribution in [0.15, 0.2) is 18.2 Å². The Balaban J connectivity index is 1.21. The minimum Gasteiger partial charge on any atom is -0.486 e. The fraction of sp³-hybridized carbons (Fsp3) is 0.600. The second kappa shape index (κ2) is 9.32. The van der Waals surface area contributed by atoms with E-state index >= 15 is 0 Å². The van der Waals surface area contributed by atoms with Gasteiger partial charge in [-0.3, -0.25) is 9.69 Å². The molecular formula is C20H28N4O5. The molecule has 158 valence electrons. The summed E-state index contributed by atoms with van der Waals surface area (Å²) in [4.78, 5) is 28.6. The highest BCUT2D eigenvalue weighted by atomic mass is 16.6. The summed E-state index contributed by atoms with van der Waals surface area (Å²) in [7, 11) is 0. The van der Waals surface area contributed by atoms with Gasteiger partial charge in [0, 0.05) is 44.4 Å². The van der Waals surface area contributed by atoms with E-state index in [1.807, 2.05) is 18.2 Å². The van der Waals surface area contributed by atoms with Crippen LogP contribution in [0.3, 0.4) is 0 Å². The lowest BCUT2D eigenvalue weighted by atomic mass is 10.2. The molecule has 3 aliphatic heterocycles. The number of ether oxygens (including phenoxy) is 3. The second-order valence-electron chi connectivity index (χ2n) is 7.44. The number of fused-ring (bicyclic) bond motifs is 1. The summed E-state index contributed by atoms with van der Waals surface area (Å²) in [5.74, 6) is 1.33. The number of hydrogen-bond donors (Lipinski definition) is 2. The standard InChI is InChI=1S/C20H28N4O5/c25-19-12-15(22-20(26)21-4-1-5-23-6-8-27-9-7-23)14-24(19)16-2-3-17-18(13-16)29-11-10-28-17/h2-3,13,15H,1,4-12,14H2,(H2,21,22,26)/t15-/m1/s1. The largest absolute Gasteiger partial charge is 0.486 e. The number of rotatable bonds is 6. The third-order valence-corrected chi connectivity index (χ3v) is 5.34. The number of morpholine rings is 1. The fourth-order valence-corrected chi connectivity index (χ4v) is 3.82. The SMILES string of the molecule is O=C(NCCCN1CCOCC1)N[C@@H]1CC(=O)N(c2ccc3c(c2)OCCO3)C1. The monoisotopic (exact) mass is 404 g/mol. The Hall–Kier alpha value is -2.52. The van der Waals surface area contributed by atoms with Crippen molar-refractivity contribution in [3.05, 3.63) is 18.2 Å². The van der Waals surface area contributed by atoms with E-state index in [-0.39, 0.29) is 24.4 Å². The zero-order chi connectivity index (χ0) is 20.1. The van der Waals surface area contributed by atoms with Crippen molar-refractivity contribution in [1.29, 1.82) is 0 Å². The first kappa shape index (κ1) is 19.8. The minimum absolute atomic E-state index is 0.0145. The first-order valence-corrected chi connectivity index (χ1v) is 10.2. The van der Waals surface area contributed by atoms with Gasteiger partial charge in [0.1, 0.15) is 13.2 Å². The van der Waals surface area contributed by atoms with Gasteiger partial charge in [0.25, 0.3) is 0 Å². The normalized spacial score (nSPS) is 21.9. The van der Waals surface area contributed by atoms with Crippen LogP contribution in [0.1, 0.15) is 12.8 Å². The topological polar surface area (TPSA) is 92.4 Å². The molecule has 1 atom stereocenters. The van der Waals surface area contributed by atoms with Gasteiger partial charge in [-0.05, 0) is 25.1 Å². The Labute approximate surface area is 170 Å². The summed E-state index contributed by atoms with van der Waals surface area (Å²) in [5.41, 5.74) is 0.759. The van der Waals surface area contributed by atoms with Crippen LogP contribution in [0.5, 0.6) is 11.5 Å². The van der Waals surface area contributed by atoms with Crippen LogP contribution in [-0.4, -0.2) is 82.0 Å². The number of benzene rings is 1. The Morgan fingerprint density at radius 2 is 1.90 bits per heavy atom. The highest BCUT2D eigenvalue weighted by Crippen LogP contribution is 2.35. The molecule has 4 rings (SSSR count). The third kappa shape index (κ3) is 5.10. The summed E-state index contributed by atoms with van der Waals surface area (Å²) < 4.78 is 16.4. The molecule has 0 saturated carbocycles. The number of hydrogen-bond acceptors (Lipinski definition) is 6. The van der Waals surface area contributed by atoms with Crippen molar-refractivity contribution in [1.82, 2.24) is 15.5 Å². The van der Waals surface area contributed by atoms with E-state index in [1.54, 1.807) is 4.90 Å². The molecule has 0 radical (unpaired) electrons. The number of nitrogens with one attached hydrogen (secondary N) is 2. The predicted molar refractivity (Wildman–Crippen MR) is 107 cm³/mol. The van der Waals surface area contributed by atoms with Crippen molar-refractivity contribution in [2.45, 2.75) is 18.9 Å². The van der Waals surface area contributed by atoms with Crippen molar-refractivity contribution < 1.29 is 23.8 Å². The van der Waals surface area contributed by atoms with Crippen molar-refractivity contribution in [3.8, 4) is 11.5 Å². The van der Waals surface area contributed by atoms with E-state index in [0.29, 0.717) is 37.8 Å². The summed E-state index contributed by atoms with van der Waals surface area (Å²) in [6.07, 6.45) is 1.18. The molecule has 2 N–H and O–H groups in total. The van der Waals surface area contributed by atoms with E-state index in [4.69, 9.17) is 14.2 Å². The summed E-state index contributed by atoms with van der Waals surface area (Å²) in [5, 5.41) is 5.79. The molecule has 0 bridgehead atoms. The maximum Gasteiger partial charge on any atom is 0.315 e. The number of amides is 3. The van der Waals surface area contributed by atoms with Gasteiger partial charge in [-0.2, -0.15) is 0 Å². The van der Waals surface area contributed by atoms with E-state index in [9.17, 15) is 9.59 Å². The average Bonchev–Trinajstić information content (AvgIpc) is 3.11. The molecule has 2 fully saturated rings. The quantitative estimate of drug-likeness (QED) is 0.674. The minimum atomic E-state index is -0.228. The molecule has 0 unspecified atom stereocenters. The fourth-order valence-electron chi connectivity index (χ4n) is 3.82. The molecule has 0 aliphatic carbocycles. The van der Waals surface area contributed by atoms with E-state index in [2.05, 4.69) is 15.5 Å². The van der Waals surface area contributed by atoms with Gasteiger partial charge >= 0.3 is 6.03 Å².